The molecule has 0 aliphatic carbocycles. The summed E-state index contributed by atoms with van der Waals surface area (Å²) in [6, 6.07) is 18.5. The van der Waals surface area contributed by atoms with Gasteiger partial charge in [0.25, 0.3) is 5.91 Å². The summed E-state index contributed by atoms with van der Waals surface area (Å²) in [5.41, 5.74) is 2.29. The van der Waals surface area contributed by atoms with Crippen LogP contribution in [0.4, 0.5) is 11.4 Å². The number of hydrogen-bond donors (Lipinski definition) is 0. The lowest BCUT2D eigenvalue weighted by Gasteiger charge is -2.47. The van der Waals surface area contributed by atoms with Crippen LogP contribution in [0.2, 0.25) is 0 Å². The number of hydrogen-bond acceptors (Lipinski definition) is 6. The molecule has 0 aromatic heterocycles. The zero-order valence-electron chi connectivity index (χ0n) is 21.2. The molecule has 2 aromatic carbocycles. The van der Waals surface area contributed by atoms with E-state index in [1.54, 1.807) is 12.1 Å². The van der Waals surface area contributed by atoms with Crippen molar-refractivity contribution in [1.82, 2.24) is 4.90 Å². The molecule has 0 saturated carbocycles. The van der Waals surface area contributed by atoms with E-state index in [1.165, 1.54) is 25.1 Å². The molecule has 36 heavy (non-hydrogen) atoms. The van der Waals surface area contributed by atoms with Crippen LogP contribution < -0.4 is 14.5 Å². The van der Waals surface area contributed by atoms with Crippen LogP contribution in [0.3, 0.4) is 0 Å². The van der Waals surface area contributed by atoms with E-state index >= 15 is 0 Å². The fraction of sp³-hybridized carbons (Fsp3) is 0.517. The average molecular weight is 489 g/mol. The molecular weight excluding hydrogens is 452 g/mol. The van der Waals surface area contributed by atoms with E-state index in [0.717, 1.165) is 56.9 Å². The lowest BCUT2D eigenvalue weighted by atomic mass is 9.88. The van der Waals surface area contributed by atoms with Crippen LogP contribution in [0.25, 0.3) is 0 Å². The van der Waals surface area contributed by atoms with Gasteiger partial charge in [0.1, 0.15) is 12.4 Å². The highest BCUT2D eigenvalue weighted by Crippen LogP contribution is 2.34. The molecule has 2 aromatic rings. The van der Waals surface area contributed by atoms with E-state index in [1.807, 2.05) is 17.0 Å². The predicted octanol–water partition coefficient (Wildman–Crippen LogP) is 4.21. The zero-order chi connectivity index (χ0) is 25.0. The van der Waals surface area contributed by atoms with Gasteiger partial charge in [-0.05, 0) is 94.1 Å². The second-order valence-corrected chi connectivity index (χ2v) is 10.3. The van der Waals surface area contributed by atoms with E-state index in [-0.39, 0.29) is 18.1 Å². The van der Waals surface area contributed by atoms with Gasteiger partial charge in [-0.15, -0.1) is 0 Å². The average Bonchev–Trinajstić information content (AvgIpc) is 3.33. The van der Waals surface area contributed by atoms with Crippen molar-refractivity contribution in [3.63, 3.8) is 0 Å². The summed E-state index contributed by atoms with van der Waals surface area (Å²) >= 11 is 0. The van der Waals surface area contributed by atoms with Gasteiger partial charge >= 0.3 is 0 Å². The molecule has 0 unspecified atom stereocenters. The third kappa shape index (κ3) is 5.50. The molecule has 0 radical (unpaired) electrons. The quantitative estimate of drug-likeness (QED) is 0.544. The molecule has 190 valence electrons. The number of amides is 1. The first-order valence-corrected chi connectivity index (χ1v) is 13.2. The third-order valence-corrected chi connectivity index (χ3v) is 7.98. The molecule has 3 fully saturated rings. The molecule has 3 heterocycles. The van der Waals surface area contributed by atoms with Crippen LogP contribution in [-0.2, 0) is 9.53 Å². The number of anilines is 2. The van der Waals surface area contributed by atoms with Gasteiger partial charge in [0.15, 0.2) is 0 Å². The standard InChI is InChI=1S/C29H36N4O3/c1-23-4-2-15-31(23)16-3-19-35-27-11-9-25(10-12-27)32-17-13-29(14-18-32)22-33(28(34)21-36-29)26-7-5-24(20-30)6-8-26/h5-12,23H,2-4,13-19,21-22H2,1H3/t23-/m1/s1. The monoisotopic (exact) mass is 488 g/mol. The fourth-order valence-electron chi connectivity index (χ4n) is 5.68. The highest BCUT2D eigenvalue weighted by atomic mass is 16.5. The van der Waals surface area contributed by atoms with Gasteiger partial charge in [0, 0.05) is 37.1 Å². The molecule has 7 nitrogen and oxygen atoms in total. The van der Waals surface area contributed by atoms with E-state index < -0.39 is 0 Å². The van der Waals surface area contributed by atoms with E-state index in [9.17, 15) is 4.79 Å². The van der Waals surface area contributed by atoms with Gasteiger partial charge in [-0.2, -0.15) is 5.26 Å². The number of benzene rings is 2. The van der Waals surface area contributed by atoms with Crippen molar-refractivity contribution in [1.29, 1.82) is 5.26 Å². The minimum absolute atomic E-state index is 0.0294. The van der Waals surface area contributed by atoms with Gasteiger partial charge in [0.05, 0.1) is 30.4 Å². The number of piperidine rings is 1. The first-order chi connectivity index (χ1) is 17.5. The summed E-state index contributed by atoms with van der Waals surface area (Å²) < 4.78 is 12.1. The van der Waals surface area contributed by atoms with Crippen LogP contribution in [0.15, 0.2) is 48.5 Å². The van der Waals surface area contributed by atoms with Crippen molar-refractivity contribution in [2.24, 2.45) is 0 Å². The molecule has 3 saturated heterocycles. The maximum absolute atomic E-state index is 12.6. The molecule has 1 atom stereocenters. The molecule has 1 amide bonds. The van der Waals surface area contributed by atoms with Gasteiger partial charge in [0.2, 0.25) is 0 Å². The second-order valence-electron chi connectivity index (χ2n) is 10.3. The molecule has 7 heteroatoms. The lowest BCUT2D eigenvalue weighted by Crippen LogP contribution is -2.59. The van der Waals surface area contributed by atoms with Gasteiger partial charge in [-0.25, -0.2) is 0 Å². The van der Waals surface area contributed by atoms with Gasteiger partial charge < -0.3 is 24.2 Å². The van der Waals surface area contributed by atoms with E-state index in [4.69, 9.17) is 14.7 Å². The second kappa shape index (κ2) is 10.9. The molecule has 5 rings (SSSR count). The number of carbonyl (C=O) groups is 1. The topological polar surface area (TPSA) is 69.0 Å². The van der Waals surface area contributed by atoms with Crippen LogP contribution in [0.5, 0.6) is 5.75 Å². The fourth-order valence-corrected chi connectivity index (χ4v) is 5.68. The Hall–Kier alpha value is -3.08. The van der Waals surface area contributed by atoms with Crippen molar-refractivity contribution < 1.29 is 14.3 Å². The van der Waals surface area contributed by atoms with Crippen molar-refractivity contribution >= 4 is 17.3 Å². The maximum atomic E-state index is 12.6. The van der Waals surface area contributed by atoms with Crippen LogP contribution in [0.1, 0.15) is 44.6 Å². The van der Waals surface area contributed by atoms with Crippen LogP contribution in [0, 0.1) is 11.3 Å². The van der Waals surface area contributed by atoms with E-state index in [2.05, 4.69) is 47.1 Å². The third-order valence-electron chi connectivity index (χ3n) is 7.98. The summed E-state index contributed by atoms with van der Waals surface area (Å²) in [5.74, 6) is 0.896. The van der Waals surface area contributed by atoms with Crippen molar-refractivity contribution in [3.05, 3.63) is 54.1 Å². The Morgan fingerprint density at radius 1 is 1.06 bits per heavy atom. The first kappa shape index (κ1) is 24.6. The molecule has 3 aliphatic heterocycles. The highest BCUT2D eigenvalue weighted by Gasteiger charge is 2.42. The number of ether oxygens (including phenoxy) is 2. The zero-order valence-corrected chi connectivity index (χ0v) is 21.2. The van der Waals surface area contributed by atoms with Gasteiger partial charge in [-0.1, -0.05) is 0 Å². The number of likely N-dealkylation sites (tertiary alicyclic amines) is 1. The van der Waals surface area contributed by atoms with Gasteiger partial charge in [-0.3, -0.25) is 4.79 Å². The first-order valence-electron chi connectivity index (χ1n) is 13.2. The Labute approximate surface area is 214 Å². The lowest BCUT2D eigenvalue weighted by molar-refractivity contribution is -0.141. The minimum Gasteiger partial charge on any atom is -0.494 e. The SMILES string of the molecule is C[C@@H]1CCCN1CCCOc1ccc(N2CCC3(CC2)CN(c2ccc(C#N)cc2)C(=O)CO3)cc1. The smallest absolute Gasteiger partial charge is 0.253 e. The van der Waals surface area contributed by atoms with Crippen molar-refractivity contribution in [2.75, 3.05) is 55.7 Å². The summed E-state index contributed by atoms with van der Waals surface area (Å²) in [4.78, 5) is 19.3. The summed E-state index contributed by atoms with van der Waals surface area (Å²) in [7, 11) is 0. The van der Waals surface area contributed by atoms with Crippen LogP contribution in [-0.4, -0.2) is 68.4 Å². The molecule has 0 bridgehead atoms. The summed E-state index contributed by atoms with van der Waals surface area (Å²) in [5, 5.41) is 9.05. The predicted molar refractivity (Wildman–Crippen MR) is 140 cm³/mol. The maximum Gasteiger partial charge on any atom is 0.253 e. The molecular formula is C29H36N4O3. The molecule has 3 aliphatic rings. The number of morpholine rings is 1. The minimum atomic E-state index is -0.325. The Morgan fingerprint density at radius 3 is 2.44 bits per heavy atom. The highest BCUT2D eigenvalue weighted by molar-refractivity contribution is 5.95. The summed E-state index contributed by atoms with van der Waals surface area (Å²) in [6.07, 6.45) is 5.42. The Morgan fingerprint density at radius 2 is 1.78 bits per heavy atom. The van der Waals surface area contributed by atoms with Crippen LogP contribution >= 0.6 is 0 Å². The number of nitriles is 1. The van der Waals surface area contributed by atoms with Crippen molar-refractivity contribution in [3.8, 4) is 11.8 Å². The Balaban J connectivity index is 1.11. The Bertz CT molecular complexity index is 1070. The normalized spacial score (nSPS) is 22.1. The Kier molecular flexibility index (Phi) is 7.45. The molecule has 1 spiro atoms. The number of nitrogens with zero attached hydrogens (tertiary/aromatic N) is 4. The van der Waals surface area contributed by atoms with Crippen molar-refractivity contribution in [2.45, 2.75) is 50.7 Å². The number of rotatable bonds is 7. The van der Waals surface area contributed by atoms with E-state index in [0.29, 0.717) is 18.2 Å². The summed E-state index contributed by atoms with van der Waals surface area (Å²) in [6.45, 7) is 7.82. The largest absolute Gasteiger partial charge is 0.494 e. The number of carbonyl (C=O) groups excluding carboxylic acids is 1. The molecule has 0 N–H and O–H groups in total.